The monoisotopic (exact) mass is 265 g/mol. The number of hydrogen-bond donors (Lipinski definition) is 2. The van der Waals surface area contributed by atoms with Gasteiger partial charge in [-0.1, -0.05) is 6.07 Å². The Labute approximate surface area is 112 Å². The van der Waals surface area contributed by atoms with Crippen molar-refractivity contribution in [3.05, 3.63) is 23.8 Å². The Hall–Kier alpha value is -1.75. The summed E-state index contributed by atoms with van der Waals surface area (Å²) in [5.74, 6) is 0.480. The van der Waals surface area contributed by atoms with Crippen LogP contribution in [-0.4, -0.2) is 37.4 Å². The maximum Gasteiger partial charge on any atom is 0.324 e. The molecule has 1 atom stereocenters. The van der Waals surface area contributed by atoms with Crippen LogP contribution >= 0.6 is 0 Å². The van der Waals surface area contributed by atoms with Gasteiger partial charge in [-0.2, -0.15) is 0 Å². The summed E-state index contributed by atoms with van der Waals surface area (Å²) in [6.45, 7) is 0.750. The zero-order chi connectivity index (χ0) is 13.9. The zero-order valence-corrected chi connectivity index (χ0v) is 11.2. The molecular weight excluding hydrogens is 246 g/mol. The molecule has 2 N–H and O–H groups in total. The molecule has 0 spiro atoms. The lowest BCUT2D eigenvalue weighted by molar-refractivity contribution is -0.144. The molecule has 19 heavy (non-hydrogen) atoms. The lowest BCUT2D eigenvalue weighted by Crippen LogP contribution is -2.49. The first-order valence-electron chi connectivity index (χ1n) is 6.30. The molecule has 0 aliphatic carbocycles. The molecule has 1 aromatic carbocycles. The molecule has 0 aromatic heterocycles. The Bertz CT molecular complexity index is 467. The fourth-order valence-electron chi connectivity index (χ4n) is 2.55. The number of hydrogen-bond acceptors (Lipinski definition) is 4. The molecule has 1 aromatic rings. The van der Waals surface area contributed by atoms with Gasteiger partial charge in [0.1, 0.15) is 5.54 Å². The predicted molar refractivity (Wildman–Crippen MR) is 70.9 cm³/mol. The van der Waals surface area contributed by atoms with Gasteiger partial charge in [0.2, 0.25) is 0 Å². The summed E-state index contributed by atoms with van der Waals surface area (Å²) >= 11 is 0. The van der Waals surface area contributed by atoms with Gasteiger partial charge in [0.05, 0.1) is 14.2 Å². The zero-order valence-electron chi connectivity index (χ0n) is 11.2. The first kappa shape index (κ1) is 13.7. The van der Waals surface area contributed by atoms with Crippen molar-refractivity contribution < 1.29 is 19.4 Å². The van der Waals surface area contributed by atoms with Crippen LogP contribution in [0.15, 0.2) is 18.2 Å². The Balaban J connectivity index is 2.25. The van der Waals surface area contributed by atoms with Crippen molar-refractivity contribution in [1.29, 1.82) is 0 Å². The number of methoxy groups -OCH3 is 2. The topological polar surface area (TPSA) is 67.8 Å². The van der Waals surface area contributed by atoms with E-state index in [0.717, 1.165) is 18.5 Å². The highest BCUT2D eigenvalue weighted by atomic mass is 16.5. The second-order valence-electron chi connectivity index (χ2n) is 4.78. The van der Waals surface area contributed by atoms with Gasteiger partial charge in [-0.25, -0.2) is 0 Å². The quantitative estimate of drug-likeness (QED) is 0.843. The molecule has 1 heterocycles. The van der Waals surface area contributed by atoms with Crippen LogP contribution in [0.5, 0.6) is 11.5 Å². The van der Waals surface area contributed by atoms with Crippen LogP contribution < -0.4 is 14.8 Å². The smallest absolute Gasteiger partial charge is 0.324 e. The van der Waals surface area contributed by atoms with Gasteiger partial charge in [0, 0.05) is 6.42 Å². The highest BCUT2D eigenvalue weighted by Crippen LogP contribution is 2.31. The number of rotatable bonds is 5. The molecule has 5 heteroatoms. The molecule has 1 saturated heterocycles. The highest BCUT2D eigenvalue weighted by molar-refractivity contribution is 5.79. The van der Waals surface area contributed by atoms with E-state index in [0.29, 0.717) is 24.3 Å². The van der Waals surface area contributed by atoms with Crippen LogP contribution in [-0.2, 0) is 11.2 Å². The maximum atomic E-state index is 11.5. The molecule has 2 rings (SSSR count). The summed E-state index contributed by atoms with van der Waals surface area (Å²) in [7, 11) is 3.15. The van der Waals surface area contributed by atoms with E-state index in [4.69, 9.17) is 9.47 Å². The molecule has 1 aliphatic rings. The molecule has 0 radical (unpaired) electrons. The fraction of sp³-hybridized carbons (Fsp3) is 0.500. The van der Waals surface area contributed by atoms with Gasteiger partial charge in [0.15, 0.2) is 11.5 Å². The lowest BCUT2D eigenvalue weighted by atomic mass is 9.89. The number of ether oxygens (including phenoxy) is 2. The number of carboxylic acid groups (broad SMARTS) is 1. The highest BCUT2D eigenvalue weighted by Gasteiger charge is 2.41. The SMILES string of the molecule is COc1ccc(CC2(C(=O)O)CCCN2)cc1OC. The Morgan fingerprint density at radius 3 is 2.63 bits per heavy atom. The average molecular weight is 265 g/mol. The molecule has 1 fully saturated rings. The minimum Gasteiger partial charge on any atom is -0.493 e. The summed E-state index contributed by atoms with van der Waals surface area (Å²) < 4.78 is 10.4. The van der Waals surface area contributed by atoms with Crippen LogP contribution in [0.1, 0.15) is 18.4 Å². The van der Waals surface area contributed by atoms with Crippen molar-refractivity contribution in [3.8, 4) is 11.5 Å². The van der Waals surface area contributed by atoms with Crippen LogP contribution in [0.4, 0.5) is 0 Å². The van der Waals surface area contributed by atoms with Crippen molar-refractivity contribution in [2.75, 3.05) is 20.8 Å². The van der Waals surface area contributed by atoms with Gasteiger partial charge < -0.3 is 19.9 Å². The molecule has 0 bridgehead atoms. The first-order chi connectivity index (χ1) is 9.11. The van der Waals surface area contributed by atoms with Crippen molar-refractivity contribution in [2.24, 2.45) is 0 Å². The van der Waals surface area contributed by atoms with Crippen LogP contribution in [0.2, 0.25) is 0 Å². The van der Waals surface area contributed by atoms with Crippen LogP contribution in [0, 0.1) is 0 Å². The number of carboxylic acids is 1. The molecule has 1 unspecified atom stereocenters. The van der Waals surface area contributed by atoms with E-state index in [-0.39, 0.29) is 0 Å². The number of benzene rings is 1. The summed E-state index contributed by atoms with van der Waals surface area (Å²) in [6.07, 6.45) is 1.99. The van der Waals surface area contributed by atoms with Gasteiger partial charge in [-0.05, 0) is 37.1 Å². The predicted octanol–water partition coefficient (Wildman–Crippen LogP) is 1.45. The Morgan fingerprint density at radius 1 is 1.37 bits per heavy atom. The summed E-state index contributed by atoms with van der Waals surface area (Å²) in [5, 5.41) is 12.5. The molecule has 0 amide bonds. The van der Waals surface area contributed by atoms with E-state index >= 15 is 0 Å². The average Bonchev–Trinajstić information content (AvgIpc) is 2.88. The second-order valence-corrected chi connectivity index (χ2v) is 4.78. The molecule has 0 saturated carbocycles. The second kappa shape index (κ2) is 5.48. The van der Waals surface area contributed by atoms with Gasteiger partial charge in [-0.15, -0.1) is 0 Å². The van der Waals surface area contributed by atoms with E-state index in [1.165, 1.54) is 0 Å². The van der Waals surface area contributed by atoms with Crippen LogP contribution in [0.3, 0.4) is 0 Å². The normalized spacial score (nSPS) is 22.2. The Morgan fingerprint density at radius 2 is 2.11 bits per heavy atom. The number of aliphatic carboxylic acids is 1. The van der Waals surface area contributed by atoms with Crippen LogP contribution in [0.25, 0.3) is 0 Å². The standard InChI is InChI=1S/C14H19NO4/c1-18-11-5-4-10(8-12(11)19-2)9-14(13(16)17)6-3-7-15-14/h4-5,8,15H,3,6-7,9H2,1-2H3,(H,16,17). The third-order valence-corrected chi connectivity index (χ3v) is 3.61. The van der Waals surface area contributed by atoms with Crippen molar-refractivity contribution in [1.82, 2.24) is 5.32 Å². The van der Waals surface area contributed by atoms with Crippen molar-refractivity contribution in [2.45, 2.75) is 24.8 Å². The molecule has 104 valence electrons. The maximum absolute atomic E-state index is 11.5. The van der Waals surface area contributed by atoms with E-state index in [1.54, 1.807) is 20.3 Å². The molecule has 5 nitrogen and oxygen atoms in total. The van der Waals surface area contributed by atoms with Gasteiger partial charge in [-0.3, -0.25) is 4.79 Å². The number of carbonyl (C=O) groups is 1. The van der Waals surface area contributed by atoms with Crippen molar-refractivity contribution >= 4 is 5.97 Å². The lowest BCUT2D eigenvalue weighted by Gasteiger charge is -2.24. The van der Waals surface area contributed by atoms with Gasteiger partial charge in [0.25, 0.3) is 0 Å². The number of nitrogens with one attached hydrogen (secondary N) is 1. The Kier molecular flexibility index (Phi) is 3.95. The van der Waals surface area contributed by atoms with E-state index in [1.807, 2.05) is 12.1 Å². The molecular formula is C14H19NO4. The third kappa shape index (κ3) is 2.66. The van der Waals surface area contributed by atoms with E-state index in [2.05, 4.69) is 5.32 Å². The molecule has 1 aliphatic heterocycles. The summed E-state index contributed by atoms with van der Waals surface area (Å²) in [5.41, 5.74) is 0.0778. The largest absolute Gasteiger partial charge is 0.493 e. The fourth-order valence-corrected chi connectivity index (χ4v) is 2.55. The first-order valence-corrected chi connectivity index (χ1v) is 6.30. The van der Waals surface area contributed by atoms with E-state index < -0.39 is 11.5 Å². The minimum absolute atomic E-state index is 0.447. The minimum atomic E-state index is -0.848. The summed E-state index contributed by atoms with van der Waals surface area (Å²) in [6, 6.07) is 5.52. The van der Waals surface area contributed by atoms with Gasteiger partial charge >= 0.3 is 5.97 Å². The summed E-state index contributed by atoms with van der Waals surface area (Å²) in [4.78, 5) is 11.5. The van der Waals surface area contributed by atoms with Crippen molar-refractivity contribution in [3.63, 3.8) is 0 Å². The third-order valence-electron chi connectivity index (χ3n) is 3.61. The van der Waals surface area contributed by atoms with E-state index in [9.17, 15) is 9.90 Å².